The van der Waals surface area contributed by atoms with E-state index in [2.05, 4.69) is 20.3 Å². The molecular weight excluding hydrogens is 236 g/mol. The number of hydrogen-bond acceptors (Lipinski definition) is 6. The molecule has 0 saturated heterocycles. The lowest BCUT2D eigenvalue weighted by Gasteiger charge is -2.14. The molecule has 2 aromatic heterocycles. The van der Waals surface area contributed by atoms with Gasteiger partial charge in [-0.2, -0.15) is 0 Å². The Morgan fingerprint density at radius 1 is 1.35 bits per heavy atom. The third kappa shape index (κ3) is 2.52. The van der Waals surface area contributed by atoms with E-state index < -0.39 is 0 Å². The fraction of sp³-hybridized carbons (Fsp3) is 0.364. The second kappa shape index (κ2) is 5.09. The summed E-state index contributed by atoms with van der Waals surface area (Å²) in [5.74, 6) is 1.37. The number of nitrogens with zero attached hydrogens (tertiary/aromatic N) is 3. The van der Waals surface area contributed by atoms with Crippen molar-refractivity contribution in [3.8, 4) is 5.88 Å². The van der Waals surface area contributed by atoms with Crippen molar-refractivity contribution in [2.24, 2.45) is 0 Å². The number of hydrogen-bond donors (Lipinski definition) is 1. The largest absolute Gasteiger partial charge is 0.481 e. The van der Waals surface area contributed by atoms with Crippen LogP contribution in [-0.2, 0) is 0 Å². The molecule has 0 bridgehead atoms. The zero-order chi connectivity index (χ0) is 12.3. The maximum Gasteiger partial charge on any atom is 0.221 e. The van der Waals surface area contributed by atoms with E-state index in [9.17, 15) is 0 Å². The summed E-state index contributed by atoms with van der Waals surface area (Å²) in [6.45, 7) is 3.97. The van der Waals surface area contributed by atoms with Gasteiger partial charge in [-0.05, 0) is 13.8 Å². The zero-order valence-corrected chi connectivity index (χ0v) is 10.8. The molecule has 6 heteroatoms. The molecule has 90 valence electrons. The molecule has 0 aliphatic heterocycles. The number of anilines is 1. The summed E-state index contributed by atoms with van der Waals surface area (Å²) in [6, 6.07) is 0.119. The standard InChI is InChI=1S/C11H14N4OS/c1-7-9(13-6-14-10(7)16-3)15-8(2)11-12-4-5-17-11/h4-6,8H,1-3H3,(H,13,14,15). The molecule has 5 nitrogen and oxygen atoms in total. The van der Waals surface area contributed by atoms with Crippen molar-refractivity contribution in [1.82, 2.24) is 15.0 Å². The van der Waals surface area contributed by atoms with Crippen LogP contribution in [0.2, 0.25) is 0 Å². The van der Waals surface area contributed by atoms with Gasteiger partial charge in [0.1, 0.15) is 17.2 Å². The van der Waals surface area contributed by atoms with Gasteiger partial charge in [0, 0.05) is 11.6 Å². The van der Waals surface area contributed by atoms with E-state index in [0.717, 1.165) is 16.4 Å². The van der Waals surface area contributed by atoms with Crippen LogP contribution in [0.15, 0.2) is 17.9 Å². The first-order valence-electron chi connectivity index (χ1n) is 5.24. The van der Waals surface area contributed by atoms with E-state index in [4.69, 9.17) is 4.74 Å². The van der Waals surface area contributed by atoms with E-state index >= 15 is 0 Å². The lowest BCUT2D eigenvalue weighted by atomic mass is 10.3. The molecule has 1 unspecified atom stereocenters. The zero-order valence-electron chi connectivity index (χ0n) is 9.97. The Hall–Kier alpha value is -1.69. The highest BCUT2D eigenvalue weighted by Gasteiger charge is 2.12. The smallest absolute Gasteiger partial charge is 0.221 e. The van der Waals surface area contributed by atoms with Crippen LogP contribution in [0.3, 0.4) is 0 Å². The molecule has 2 heterocycles. The molecule has 2 aromatic rings. The van der Waals surface area contributed by atoms with Gasteiger partial charge in [0.2, 0.25) is 5.88 Å². The summed E-state index contributed by atoms with van der Waals surface area (Å²) in [5.41, 5.74) is 0.901. The Balaban J connectivity index is 2.19. The number of nitrogens with one attached hydrogen (secondary N) is 1. The third-order valence-corrected chi connectivity index (χ3v) is 3.36. The minimum absolute atomic E-state index is 0.119. The summed E-state index contributed by atoms with van der Waals surface area (Å²) in [7, 11) is 1.60. The number of ether oxygens (including phenoxy) is 1. The SMILES string of the molecule is COc1ncnc(NC(C)c2nccs2)c1C. The summed E-state index contributed by atoms with van der Waals surface area (Å²) in [6.07, 6.45) is 3.29. The summed E-state index contributed by atoms with van der Waals surface area (Å²) in [4.78, 5) is 12.5. The van der Waals surface area contributed by atoms with Gasteiger partial charge in [-0.25, -0.2) is 15.0 Å². The number of methoxy groups -OCH3 is 1. The average Bonchev–Trinajstić information content (AvgIpc) is 2.85. The Bertz CT molecular complexity index is 486. The molecule has 1 atom stereocenters. The molecule has 17 heavy (non-hydrogen) atoms. The van der Waals surface area contributed by atoms with Crippen LogP contribution >= 0.6 is 11.3 Å². The van der Waals surface area contributed by atoms with Crippen LogP contribution < -0.4 is 10.1 Å². The third-order valence-electron chi connectivity index (χ3n) is 2.41. The molecule has 0 fully saturated rings. The molecule has 0 saturated carbocycles. The first-order valence-corrected chi connectivity index (χ1v) is 6.12. The predicted molar refractivity (Wildman–Crippen MR) is 67.5 cm³/mol. The monoisotopic (exact) mass is 250 g/mol. The molecule has 0 aromatic carbocycles. The van der Waals surface area contributed by atoms with Gasteiger partial charge in [-0.3, -0.25) is 0 Å². The van der Waals surface area contributed by atoms with E-state index in [1.807, 2.05) is 19.2 Å². The van der Waals surface area contributed by atoms with Crippen LogP contribution in [0.4, 0.5) is 5.82 Å². The van der Waals surface area contributed by atoms with Crippen molar-refractivity contribution in [2.45, 2.75) is 19.9 Å². The van der Waals surface area contributed by atoms with E-state index in [0.29, 0.717) is 5.88 Å². The lowest BCUT2D eigenvalue weighted by molar-refractivity contribution is 0.393. The maximum absolute atomic E-state index is 5.15. The van der Waals surface area contributed by atoms with E-state index in [1.165, 1.54) is 6.33 Å². The van der Waals surface area contributed by atoms with Gasteiger partial charge in [0.05, 0.1) is 18.7 Å². The van der Waals surface area contributed by atoms with Crippen molar-refractivity contribution in [3.05, 3.63) is 28.5 Å². The Morgan fingerprint density at radius 2 is 2.18 bits per heavy atom. The summed E-state index contributed by atoms with van der Waals surface area (Å²) in [5, 5.41) is 6.29. The van der Waals surface area contributed by atoms with Crippen molar-refractivity contribution >= 4 is 17.2 Å². The molecule has 1 N–H and O–H groups in total. The quantitative estimate of drug-likeness (QED) is 0.903. The first-order chi connectivity index (χ1) is 8.22. The summed E-state index contributed by atoms with van der Waals surface area (Å²) >= 11 is 1.62. The Morgan fingerprint density at radius 3 is 2.82 bits per heavy atom. The Labute approximate surface area is 104 Å². The van der Waals surface area contributed by atoms with E-state index in [1.54, 1.807) is 24.6 Å². The molecule has 0 aliphatic carbocycles. The van der Waals surface area contributed by atoms with Gasteiger partial charge in [0.15, 0.2) is 0 Å². The van der Waals surface area contributed by atoms with Gasteiger partial charge in [-0.1, -0.05) is 0 Å². The minimum Gasteiger partial charge on any atom is -0.481 e. The predicted octanol–water partition coefficient (Wildman–Crippen LogP) is 2.42. The fourth-order valence-corrected chi connectivity index (χ4v) is 2.15. The first kappa shape index (κ1) is 11.8. The highest BCUT2D eigenvalue weighted by molar-refractivity contribution is 7.09. The van der Waals surface area contributed by atoms with Crippen molar-refractivity contribution in [2.75, 3.05) is 12.4 Å². The fourth-order valence-electron chi connectivity index (χ4n) is 1.50. The molecule has 2 rings (SSSR count). The van der Waals surface area contributed by atoms with Crippen LogP contribution in [0.25, 0.3) is 0 Å². The normalized spacial score (nSPS) is 12.2. The van der Waals surface area contributed by atoms with Crippen LogP contribution in [-0.4, -0.2) is 22.1 Å². The van der Waals surface area contributed by atoms with Crippen molar-refractivity contribution < 1.29 is 4.74 Å². The number of thiazole rings is 1. The van der Waals surface area contributed by atoms with Crippen molar-refractivity contribution in [1.29, 1.82) is 0 Å². The second-order valence-corrected chi connectivity index (χ2v) is 4.52. The van der Waals surface area contributed by atoms with Gasteiger partial charge < -0.3 is 10.1 Å². The van der Waals surface area contributed by atoms with Crippen LogP contribution in [0.5, 0.6) is 5.88 Å². The average molecular weight is 250 g/mol. The second-order valence-electron chi connectivity index (χ2n) is 3.59. The Kier molecular flexibility index (Phi) is 3.53. The molecule has 0 radical (unpaired) electrons. The molecule has 0 amide bonds. The highest BCUT2D eigenvalue weighted by Crippen LogP contribution is 2.25. The molecule has 0 aliphatic rings. The number of rotatable bonds is 4. The van der Waals surface area contributed by atoms with Crippen molar-refractivity contribution in [3.63, 3.8) is 0 Å². The maximum atomic E-state index is 5.15. The lowest BCUT2D eigenvalue weighted by Crippen LogP contribution is -2.09. The van der Waals surface area contributed by atoms with Gasteiger partial charge in [0.25, 0.3) is 0 Å². The van der Waals surface area contributed by atoms with E-state index in [-0.39, 0.29) is 6.04 Å². The van der Waals surface area contributed by atoms with Gasteiger partial charge >= 0.3 is 0 Å². The highest BCUT2D eigenvalue weighted by atomic mass is 32.1. The number of aromatic nitrogens is 3. The van der Waals surface area contributed by atoms with Gasteiger partial charge in [-0.15, -0.1) is 11.3 Å². The molecular formula is C11H14N4OS. The summed E-state index contributed by atoms with van der Waals surface area (Å²) < 4.78 is 5.15. The minimum atomic E-state index is 0.119. The van der Waals surface area contributed by atoms with Crippen LogP contribution in [0, 0.1) is 6.92 Å². The molecule has 0 spiro atoms. The topological polar surface area (TPSA) is 59.9 Å². The van der Waals surface area contributed by atoms with Crippen LogP contribution in [0.1, 0.15) is 23.5 Å².